The van der Waals surface area contributed by atoms with E-state index in [-0.39, 0.29) is 0 Å². The Bertz CT molecular complexity index is 367. The van der Waals surface area contributed by atoms with Gasteiger partial charge in [0.2, 0.25) is 0 Å². The van der Waals surface area contributed by atoms with Crippen molar-refractivity contribution in [3.8, 4) is 0 Å². The number of rotatable bonds is 1. The molecule has 0 N–H and O–H groups in total. The molecule has 3 aliphatic rings. The Morgan fingerprint density at radius 1 is 0.682 bits per heavy atom. The molecule has 3 saturated heterocycles. The maximum atomic E-state index is 2.85. The topological polar surface area (TPSA) is 6.48 Å². The fourth-order valence-corrected chi connectivity index (χ4v) is 5.67. The first-order valence-corrected chi connectivity index (χ1v) is 9.69. The molecule has 3 fully saturated rings. The first kappa shape index (κ1) is 16.8. The van der Waals surface area contributed by atoms with Gasteiger partial charge in [0.15, 0.2) is 0 Å². The molecule has 2 nitrogen and oxygen atoms in total. The average Bonchev–Trinajstić information content (AvgIpc) is 2.70. The van der Waals surface area contributed by atoms with E-state index in [4.69, 9.17) is 0 Å². The Morgan fingerprint density at radius 2 is 1.18 bits per heavy atom. The lowest BCUT2D eigenvalue weighted by molar-refractivity contribution is -0.0119. The number of nitrogens with zero attached hydrogens (tertiary/aromatic N) is 2. The van der Waals surface area contributed by atoms with Gasteiger partial charge in [-0.1, -0.05) is 20.8 Å². The summed E-state index contributed by atoms with van der Waals surface area (Å²) >= 11 is 0. The molecule has 22 heavy (non-hydrogen) atoms. The molecule has 0 aromatic heterocycles. The van der Waals surface area contributed by atoms with Crippen molar-refractivity contribution in [3.63, 3.8) is 0 Å². The molecule has 0 amide bonds. The van der Waals surface area contributed by atoms with Crippen LogP contribution < -0.4 is 0 Å². The molecule has 2 unspecified atom stereocenters. The smallest absolute Gasteiger partial charge is 0.0130 e. The predicted octanol–water partition coefficient (Wildman–Crippen LogP) is 4.54. The number of likely N-dealkylation sites (tertiary alicyclic amines) is 1. The van der Waals surface area contributed by atoms with Gasteiger partial charge in [-0.05, 0) is 83.7 Å². The van der Waals surface area contributed by atoms with Crippen LogP contribution in [0.25, 0.3) is 0 Å². The molecule has 2 heteroatoms. The van der Waals surface area contributed by atoms with Crippen LogP contribution in [0.5, 0.6) is 0 Å². The monoisotopic (exact) mass is 306 g/mol. The fraction of sp³-hybridized carbons (Fsp3) is 1.00. The van der Waals surface area contributed by atoms with Gasteiger partial charge >= 0.3 is 0 Å². The number of fused-ring (bicyclic) bond motifs is 2. The van der Waals surface area contributed by atoms with Crippen LogP contribution in [0.15, 0.2) is 0 Å². The standard InChI is InChI=1S/C20H38N2/c1-19(2,3)15-9-11-21(12-10-15)18-13-16-7-8-17(14-18)22(16)20(4,5)6/h15-18H,7-14H2,1-6H3. The summed E-state index contributed by atoms with van der Waals surface area (Å²) in [4.78, 5) is 5.71. The molecule has 3 aliphatic heterocycles. The lowest BCUT2D eigenvalue weighted by atomic mass is 9.75. The van der Waals surface area contributed by atoms with E-state index >= 15 is 0 Å². The summed E-state index contributed by atoms with van der Waals surface area (Å²) in [6, 6.07) is 2.57. The van der Waals surface area contributed by atoms with Gasteiger partial charge in [-0.2, -0.15) is 0 Å². The van der Waals surface area contributed by atoms with E-state index in [9.17, 15) is 0 Å². The van der Waals surface area contributed by atoms with E-state index in [1.54, 1.807) is 0 Å². The lowest BCUT2D eigenvalue weighted by Gasteiger charge is -2.50. The van der Waals surface area contributed by atoms with Crippen molar-refractivity contribution in [1.29, 1.82) is 0 Å². The first-order chi connectivity index (χ1) is 10.2. The maximum Gasteiger partial charge on any atom is 0.0130 e. The highest BCUT2D eigenvalue weighted by Crippen LogP contribution is 2.43. The number of hydrogen-bond acceptors (Lipinski definition) is 2. The van der Waals surface area contributed by atoms with Gasteiger partial charge < -0.3 is 4.90 Å². The van der Waals surface area contributed by atoms with Gasteiger partial charge in [0.05, 0.1) is 0 Å². The zero-order valence-electron chi connectivity index (χ0n) is 15.9. The first-order valence-electron chi connectivity index (χ1n) is 9.69. The summed E-state index contributed by atoms with van der Waals surface area (Å²) in [5.74, 6) is 0.926. The summed E-state index contributed by atoms with van der Waals surface area (Å²) in [7, 11) is 0. The minimum absolute atomic E-state index is 0.357. The van der Waals surface area contributed by atoms with E-state index in [0.29, 0.717) is 11.0 Å². The van der Waals surface area contributed by atoms with Gasteiger partial charge in [0, 0.05) is 23.7 Å². The van der Waals surface area contributed by atoms with E-state index in [1.807, 2.05) is 0 Å². The Labute approximate surface area is 138 Å². The van der Waals surface area contributed by atoms with Crippen molar-refractivity contribution < 1.29 is 0 Å². The van der Waals surface area contributed by atoms with Crippen LogP contribution in [0.1, 0.15) is 80.1 Å². The van der Waals surface area contributed by atoms with E-state index in [0.717, 1.165) is 24.0 Å². The predicted molar refractivity (Wildman–Crippen MR) is 95.2 cm³/mol. The van der Waals surface area contributed by atoms with Gasteiger partial charge in [0.25, 0.3) is 0 Å². The van der Waals surface area contributed by atoms with Crippen LogP contribution in [0, 0.1) is 11.3 Å². The van der Waals surface area contributed by atoms with E-state index in [2.05, 4.69) is 51.3 Å². The highest BCUT2D eigenvalue weighted by atomic mass is 15.3. The second kappa shape index (κ2) is 5.77. The van der Waals surface area contributed by atoms with Crippen molar-refractivity contribution >= 4 is 0 Å². The van der Waals surface area contributed by atoms with Gasteiger partial charge in [-0.3, -0.25) is 4.90 Å². The molecule has 0 saturated carbocycles. The molecule has 3 heterocycles. The average molecular weight is 307 g/mol. The largest absolute Gasteiger partial charge is 0.300 e. The Kier molecular flexibility index (Phi) is 4.40. The van der Waals surface area contributed by atoms with Crippen molar-refractivity contribution in [1.82, 2.24) is 9.80 Å². The maximum absolute atomic E-state index is 2.85. The van der Waals surface area contributed by atoms with Gasteiger partial charge in [-0.25, -0.2) is 0 Å². The van der Waals surface area contributed by atoms with Crippen LogP contribution >= 0.6 is 0 Å². The molecular weight excluding hydrogens is 268 g/mol. The SMILES string of the molecule is CC(C)(C)C1CCN(C2CC3CCC(C2)N3C(C)(C)C)CC1. The zero-order valence-corrected chi connectivity index (χ0v) is 15.9. The minimum Gasteiger partial charge on any atom is -0.300 e. The molecule has 0 aromatic rings. The Hall–Kier alpha value is -0.0800. The molecule has 0 aromatic carbocycles. The fourth-order valence-electron chi connectivity index (χ4n) is 5.67. The molecule has 0 spiro atoms. The molecule has 2 atom stereocenters. The highest BCUT2D eigenvalue weighted by molar-refractivity contribution is 5.02. The molecular formula is C20H38N2. The Balaban J connectivity index is 1.59. The summed E-state index contributed by atoms with van der Waals surface area (Å²) in [6.45, 7) is 17.2. The summed E-state index contributed by atoms with van der Waals surface area (Å²) in [5.41, 5.74) is 0.858. The molecule has 128 valence electrons. The van der Waals surface area contributed by atoms with Crippen LogP contribution in [0.4, 0.5) is 0 Å². The highest BCUT2D eigenvalue weighted by Gasteiger charge is 2.46. The third kappa shape index (κ3) is 3.24. The quantitative estimate of drug-likeness (QED) is 0.702. The second-order valence-corrected chi connectivity index (χ2v) is 10.3. The molecule has 2 bridgehead atoms. The number of piperidine rings is 2. The zero-order chi connectivity index (χ0) is 16.1. The van der Waals surface area contributed by atoms with Crippen molar-refractivity contribution in [3.05, 3.63) is 0 Å². The van der Waals surface area contributed by atoms with Crippen LogP contribution in [-0.2, 0) is 0 Å². The van der Waals surface area contributed by atoms with Crippen LogP contribution in [-0.4, -0.2) is 46.6 Å². The second-order valence-electron chi connectivity index (χ2n) is 10.3. The lowest BCUT2D eigenvalue weighted by Crippen LogP contribution is -2.57. The third-order valence-corrected chi connectivity index (χ3v) is 6.75. The van der Waals surface area contributed by atoms with Gasteiger partial charge in [-0.15, -0.1) is 0 Å². The third-order valence-electron chi connectivity index (χ3n) is 6.75. The van der Waals surface area contributed by atoms with E-state index < -0.39 is 0 Å². The molecule has 0 aliphatic carbocycles. The summed E-state index contributed by atoms with van der Waals surface area (Å²) in [6.07, 6.45) is 8.56. The number of hydrogen-bond donors (Lipinski definition) is 0. The van der Waals surface area contributed by atoms with Crippen LogP contribution in [0.3, 0.4) is 0 Å². The molecule has 3 rings (SSSR count). The molecule has 0 radical (unpaired) electrons. The van der Waals surface area contributed by atoms with Crippen LogP contribution in [0.2, 0.25) is 0 Å². The minimum atomic E-state index is 0.357. The van der Waals surface area contributed by atoms with Gasteiger partial charge in [0.1, 0.15) is 0 Å². The van der Waals surface area contributed by atoms with Crippen molar-refractivity contribution in [2.24, 2.45) is 11.3 Å². The van der Waals surface area contributed by atoms with E-state index in [1.165, 1.54) is 51.6 Å². The van der Waals surface area contributed by atoms with Crippen molar-refractivity contribution in [2.45, 2.75) is 104 Å². The summed E-state index contributed by atoms with van der Waals surface area (Å²) in [5, 5.41) is 0. The Morgan fingerprint density at radius 3 is 1.59 bits per heavy atom. The van der Waals surface area contributed by atoms with Crippen molar-refractivity contribution in [2.75, 3.05) is 13.1 Å². The normalized spacial score (nSPS) is 36.0. The summed E-state index contributed by atoms with van der Waals surface area (Å²) < 4.78 is 0.